The molecule has 0 aliphatic carbocycles. The van der Waals surface area contributed by atoms with E-state index in [1.54, 1.807) is 18.9 Å². The summed E-state index contributed by atoms with van der Waals surface area (Å²) in [6, 6.07) is 25.7. The zero-order chi connectivity index (χ0) is 27.9. The molecule has 1 aromatic heterocycles. The second-order valence-corrected chi connectivity index (χ2v) is 11.9. The number of ether oxygens (including phenoxy) is 1. The number of piperazine rings is 1. The van der Waals surface area contributed by atoms with Gasteiger partial charge in [0.05, 0.1) is 6.61 Å². The monoisotopic (exact) mass is 575 g/mol. The summed E-state index contributed by atoms with van der Waals surface area (Å²) in [5, 5.41) is 0.947. The van der Waals surface area contributed by atoms with Crippen molar-refractivity contribution >= 4 is 46.5 Å². The standard InChI is InChI=1S/C32H37N3O3S2/c1-4-37-32(36)31-24(2)28-22-27(14-15-30(28)38-31)40-35(17-16-25-10-6-5-7-11-25)23-26-12-8-9-13-29(26)33-18-20-34(39-3)21-19-33/h5-15,22H,4,16-21,23H2,1-3H3. The lowest BCUT2D eigenvalue weighted by Crippen LogP contribution is -2.43. The smallest absolute Gasteiger partial charge is 0.374 e. The van der Waals surface area contributed by atoms with Crippen LogP contribution in [-0.2, 0) is 17.7 Å². The van der Waals surface area contributed by atoms with Gasteiger partial charge in [-0.2, -0.15) is 0 Å². The fourth-order valence-corrected chi connectivity index (χ4v) is 6.62. The summed E-state index contributed by atoms with van der Waals surface area (Å²) < 4.78 is 15.9. The molecule has 1 saturated heterocycles. The molecule has 0 saturated carbocycles. The summed E-state index contributed by atoms with van der Waals surface area (Å²) in [4.78, 5) is 16.0. The molecule has 6 nitrogen and oxygen atoms in total. The minimum atomic E-state index is -0.412. The number of nitrogens with zero attached hydrogens (tertiary/aromatic N) is 3. The van der Waals surface area contributed by atoms with Crippen LogP contribution in [0.25, 0.3) is 11.0 Å². The van der Waals surface area contributed by atoms with Crippen molar-refractivity contribution in [2.24, 2.45) is 0 Å². The van der Waals surface area contributed by atoms with Crippen molar-refractivity contribution in [1.82, 2.24) is 8.61 Å². The van der Waals surface area contributed by atoms with E-state index in [9.17, 15) is 4.79 Å². The van der Waals surface area contributed by atoms with E-state index in [1.807, 2.05) is 24.9 Å². The molecule has 2 heterocycles. The second kappa shape index (κ2) is 13.6. The number of hydrogen-bond donors (Lipinski definition) is 0. The first kappa shape index (κ1) is 28.6. The van der Waals surface area contributed by atoms with Gasteiger partial charge in [-0.1, -0.05) is 60.5 Å². The van der Waals surface area contributed by atoms with Crippen LogP contribution >= 0.6 is 23.9 Å². The molecule has 0 N–H and O–H groups in total. The average molecular weight is 576 g/mol. The Balaban J connectivity index is 1.39. The molecule has 0 spiro atoms. The van der Waals surface area contributed by atoms with Crippen LogP contribution in [0.2, 0.25) is 0 Å². The molecule has 1 aliphatic rings. The zero-order valence-corrected chi connectivity index (χ0v) is 25.1. The maximum absolute atomic E-state index is 12.4. The van der Waals surface area contributed by atoms with Gasteiger partial charge < -0.3 is 14.1 Å². The predicted molar refractivity (Wildman–Crippen MR) is 167 cm³/mol. The van der Waals surface area contributed by atoms with Crippen molar-refractivity contribution in [2.75, 3.05) is 50.5 Å². The molecule has 1 fully saturated rings. The summed E-state index contributed by atoms with van der Waals surface area (Å²) in [5.74, 6) is -0.125. The highest BCUT2D eigenvalue weighted by atomic mass is 32.2. The van der Waals surface area contributed by atoms with Gasteiger partial charge in [0, 0.05) is 60.8 Å². The summed E-state index contributed by atoms with van der Waals surface area (Å²) >= 11 is 3.59. The predicted octanol–water partition coefficient (Wildman–Crippen LogP) is 7.07. The summed E-state index contributed by atoms with van der Waals surface area (Å²) in [6.07, 6.45) is 3.12. The van der Waals surface area contributed by atoms with Gasteiger partial charge >= 0.3 is 5.97 Å². The molecule has 4 aromatic rings. The van der Waals surface area contributed by atoms with Crippen LogP contribution in [0.1, 0.15) is 34.2 Å². The quantitative estimate of drug-likeness (QED) is 0.139. The summed E-state index contributed by atoms with van der Waals surface area (Å²) in [6.45, 7) is 9.99. The zero-order valence-electron chi connectivity index (χ0n) is 23.5. The van der Waals surface area contributed by atoms with E-state index in [-0.39, 0.29) is 5.76 Å². The van der Waals surface area contributed by atoms with Gasteiger partial charge in [0.2, 0.25) is 5.76 Å². The maximum Gasteiger partial charge on any atom is 0.374 e. The van der Waals surface area contributed by atoms with Crippen molar-refractivity contribution < 1.29 is 13.9 Å². The number of anilines is 1. The number of carbonyl (C=O) groups is 1. The van der Waals surface area contributed by atoms with Crippen LogP contribution < -0.4 is 4.90 Å². The molecule has 8 heteroatoms. The highest BCUT2D eigenvalue weighted by Crippen LogP contribution is 2.34. The molecule has 0 unspecified atom stereocenters. The van der Waals surface area contributed by atoms with Crippen molar-refractivity contribution in [3.05, 3.63) is 95.2 Å². The largest absolute Gasteiger partial charge is 0.460 e. The van der Waals surface area contributed by atoms with Gasteiger partial charge in [-0.25, -0.2) is 13.4 Å². The fourth-order valence-electron chi connectivity index (χ4n) is 5.11. The third-order valence-corrected chi connectivity index (χ3v) is 9.19. The summed E-state index contributed by atoms with van der Waals surface area (Å²) in [7, 11) is 0. The molecule has 5 rings (SSSR count). The van der Waals surface area contributed by atoms with Gasteiger partial charge in [-0.05, 0) is 73.9 Å². The first-order valence-electron chi connectivity index (χ1n) is 13.8. The highest BCUT2D eigenvalue weighted by molar-refractivity contribution is 7.97. The lowest BCUT2D eigenvalue weighted by atomic mass is 10.1. The van der Waals surface area contributed by atoms with Gasteiger partial charge in [0.15, 0.2) is 0 Å². The fraction of sp³-hybridized carbons (Fsp3) is 0.344. The lowest BCUT2D eigenvalue weighted by Gasteiger charge is -2.36. The van der Waals surface area contributed by atoms with Crippen LogP contribution in [0, 0.1) is 6.92 Å². The first-order chi connectivity index (χ1) is 19.6. The van der Waals surface area contributed by atoms with E-state index < -0.39 is 5.97 Å². The minimum Gasteiger partial charge on any atom is -0.460 e. The molecular weight excluding hydrogens is 539 g/mol. The molecule has 1 aliphatic heterocycles. The Labute approximate surface area is 245 Å². The number of aryl methyl sites for hydroxylation is 1. The number of rotatable bonds is 11. The van der Waals surface area contributed by atoms with E-state index in [0.29, 0.717) is 12.2 Å². The molecule has 0 radical (unpaired) electrons. The van der Waals surface area contributed by atoms with Gasteiger partial charge in [0.1, 0.15) is 5.58 Å². The first-order valence-corrected chi connectivity index (χ1v) is 15.8. The second-order valence-electron chi connectivity index (χ2n) is 9.85. The van der Waals surface area contributed by atoms with E-state index in [0.717, 1.165) is 61.5 Å². The number of benzene rings is 3. The van der Waals surface area contributed by atoms with Crippen molar-refractivity contribution in [3.8, 4) is 0 Å². The van der Waals surface area contributed by atoms with E-state index in [1.165, 1.54) is 16.8 Å². The number of esters is 1. The Kier molecular flexibility index (Phi) is 9.75. The molecule has 0 amide bonds. The molecule has 210 valence electrons. The van der Waals surface area contributed by atoms with Gasteiger partial charge in [-0.15, -0.1) is 0 Å². The van der Waals surface area contributed by atoms with E-state index >= 15 is 0 Å². The van der Waals surface area contributed by atoms with Crippen LogP contribution in [-0.4, -0.2) is 60.2 Å². The number of para-hydroxylation sites is 1. The Morgan fingerprint density at radius 1 is 1.00 bits per heavy atom. The Hall–Kier alpha value is -2.91. The van der Waals surface area contributed by atoms with Crippen molar-refractivity contribution in [3.63, 3.8) is 0 Å². The number of carbonyl (C=O) groups excluding carboxylic acids is 1. The van der Waals surface area contributed by atoms with Crippen LogP contribution in [0.3, 0.4) is 0 Å². The van der Waals surface area contributed by atoms with E-state index in [2.05, 4.69) is 86.5 Å². The van der Waals surface area contributed by atoms with Crippen molar-refractivity contribution in [2.45, 2.75) is 31.7 Å². The SMILES string of the molecule is CCOC(=O)c1oc2ccc(SN(CCc3ccccc3)Cc3ccccc3N3CCN(SC)CC3)cc2c1C. The normalized spacial score (nSPS) is 14.2. The molecule has 0 atom stereocenters. The molecular formula is C32H37N3O3S2. The van der Waals surface area contributed by atoms with Crippen LogP contribution in [0.5, 0.6) is 0 Å². The Morgan fingerprint density at radius 2 is 1.75 bits per heavy atom. The third-order valence-electron chi connectivity index (χ3n) is 7.27. The number of hydrogen-bond acceptors (Lipinski definition) is 8. The summed E-state index contributed by atoms with van der Waals surface area (Å²) in [5.41, 5.74) is 5.52. The van der Waals surface area contributed by atoms with Crippen molar-refractivity contribution in [1.29, 1.82) is 0 Å². The maximum atomic E-state index is 12.4. The Morgan fingerprint density at radius 3 is 2.50 bits per heavy atom. The number of fused-ring (bicyclic) bond motifs is 1. The minimum absolute atomic E-state index is 0.287. The van der Waals surface area contributed by atoms with Gasteiger partial charge in [-0.3, -0.25) is 0 Å². The molecule has 40 heavy (non-hydrogen) atoms. The Bertz CT molecular complexity index is 1420. The highest BCUT2D eigenvalue weighted by Gasteiger charge is 2.22. The lowest BCUT2D eigenvalue weighted by molar-refractivity contribution is 0.0491. The van der Waals surface area contributed by atoms with E-state index in [4.69, 9.17) is 9.15 Å². The topological polar surface area (TPSA) is 49.2 Å². The number of furan rings is 1. The molecule has 0 bridgehead atoms. The van der Waals surface area contributed by atoms with Crippen LogP contribution in [0.15, 0.2) is 82.1 Å². The van der Waals surface area contributed by atoms with Gasteiger partial charge in [0.25, 0.3) is 0 Å². The average Bonchev–Trinajstić information content (AvgIpc) is 3.32. The van der Waals surface area contributed by atoms with Crippen LogP contribution in [0.4, 0.5) is 5.69 Å². The molecule has 3 aromatic carbocycles. The third kappa shape index (κ3) is 6.86.